The Balaban J connectivity index is 2.83. The van der Waals surface area contributed by atoms with E-state index in [4.69, 9.17) is 5.73 Å². The molecule has 0 saturated carbocycles. The third-order valence-electron chi connectivity index (χ3n) is 4.10. The van der Waals surface area contributed by atoms with E-state index in [1.165, 1.54) is 19.1 Å². The number of rotatable bonds is 6. The highest BCUT2D eigenvalue weighted by molar-refractivity contribution is 8.48. The van der Waals surface area contributed by atoms with Crippen LogP contribution in [0.1, 0.15) is 43.7 Å². The fourth-order valence-corrected chi connectivity index (χ4v) is 5.98. The van der Waals surface area contributed by atoms with Gasteiger partial charge in [0.1, 0.15) is 11.1 Å². The highest BCUT2D eigenvalue weighted by atomic mass is 32.8. The number of aromatic amines is 1. The Bertz CT molecular complexity index is 948. The number of nitrogens with two attached hydrogens (primary N) is 1. The Hall–Kier alpha value is -1.41. The maximum atomic E-state index is 13.8. The Morgan fingerprint density at radius 3 is 2.40 bits per heavy atom. The number of nitrogen functional groups attached to an aromatic ring is 1. The van der Waals surface area contributed by atoms with Gasteiger partial charge in [0, 0.05) is 11.1 Å². The van der Waals surface area contributed by atoms with Crippen LogP contribution in [0.4, 0.5) is 10.1 Å². The van der Waals surface area contributed by atoms with Crippen LogP contribution in [0.5, 0.6) is 0 Å². The lowest BCUT2D eigenvalue weighted by Crippen LogP contribution is -2.15. The summed E-state index contributed by atoms with van der Waals surface area (Å²) in [7, 11) is -4.77. The lowest BCUT2D eigenvalue weighted by atomic mass is 9.98. The molecule has 0 aliphatic heterocycles. The van der Waals surface area contributed by atoms with Crippen molar-refractivity contribution in [2.45, 2.75) is 38.9 Å². The van der Waals surface area contributed by atoms with Crippen molar-refractivity contribution in [2.75, 3.05) is 5.73 Å². The van der Waals surface area contributed by atoms with E-state index in [1.807, 2.05) is 13.8 Å². The van der Waals surface area contributed by atoms with Crippen LogP contribution in [0.2, 0.25) is 0 Å². The summed E-state index contributed by atoms with van der Waals surface area (Å²) < 4.78 is 50.0. The molecular formula is C15H22FN2O5PS. The summed E-state index contributed by atoms with van der Waals surface area (Å²) in [4.78, 5) is 21.4. The number of nitrogens with one attached hydrogen (secondary N) is 1. The lowest BCUT2D eigenvalue weighted by molar-refractivity contribution is 0.389. The first kappa shape index (κ1) is 19.9. The molecule has 1 unspecified atom stereocenters. The number of benzene rings is 1. The molecule has 25 heavy (non-hydrogen) atoms. The average molecular weight is 392 g/mol. The summed E-state index contributed by atoms with van der Waals surface area (Å²) in [6.07, 6.45) is 0.404. The number of anilines is 1. The number of halogens is 1. The van der Waals surface area contributed by atoms with Gasteiger partial charge in [-0.1, -0.05) is 20.8 Å². The van der Waals surface area contributed by atoms with Crippen molar-refractivity contribution in [1.82, 2.24) is 4.98 Å². The number of fused-ring (bicyclic) bond motifs is 1. The second-order valence-electron chi connectivity index (χ2n) is 6.40. The van der Waals surface area contributed by atoms with E-state index in [9.17, 15) is 27.2 Å². The minimum atomic E-state index is -5.38. The molecule has 2 aromatic rings. The van der Waals surface area contributed by atoms with Gasteiger partial charge in [-0.3, -0.25) is 0 Å². The average Bonchev–Trinajstić information content (AvgIpc) is 2.81. The monoisotopic (exact) mass is 392 g/mol. The third-order valence-corrected chi connectivity index (χ3v) is 8.80. The molecule has 0 saturated heterocycles. The van der Waals surface area contributed by atoms with Crippen molar-refractivity contribution in [3.8, 4) is 0 Å². The van der Waals surface area contributed by atoms with Gasteiger partial charge in [0.05, 0.1) is 11.2 Å². The van der Waals surface area contributed by atoms with E-state index >= 15 is 0 Å². The highest BCUT2D eigenvalue weighted by Gasteiger charge is 2.43. The van der Waals surface area contributed by atoms with Crippen LogP contribution in [0, 0.1) is 11.7 Å². The molecule has 1 aromatic heterocycles. The third kappa shape index (κ3) is 3.46. The molecular weight excluding hydrogens is 370 g/mol. The van der Waals surface area contributed by atoms with Crippen molar-refractivity contribution < 1.29 is 27.2 Å². The summed E-state index contributed by atoms with van der Waals surface area (Å²) in [5.41, 5.74) is 6.59. The predicted octanol–water partition coefficient (Wildman–Crippen LogP) is 3.05. The molecule has 1 heterocycles. The van der Waals surface area contributed by atoms with Gasteiger partial charge in [-0.05, 0) is 36.5 Å². The molecule has 1 atom stereocenters. The van der Waals surface area contributed by atoms with Gasteiger partial charge in [-0.15, -0.1) is 0 Å². The van der Waals surface area contributed by atoms with Gasteiger partial charge >= 0.3 is 6.80 Å². The molecule has 0 fully saturated rings. The topological polar surface area (TPSA) is 133 Å². The summed E-state index contributed by atoms with van der Waals surface area (Å²) in [6.45, 7) is -0.00912. The van der Waals surface area contributed by atoms with Crippen LogP contribution in [0.3, 0.4) is 0 Å². The zero-order valence-corrected chi connectivity index (χ0v) is 15.9. The van der Waals surface area contributed by atoms with Crippen LogP contribution in [0.15, 0.2) is 12.1 Å². The first-order valence-electron chi connectivity index (χ1n) is 7.79. The molecule has 7 nitrogen and oxygen atoms in total. The number of hydrogen-bond acceptors (Lipinski definition) is 4. The standard InChI is InChI=1S/C15H22FN2O5PS/c1-4-12(25(22,23)24(19,20)21)14-10(7-8(2)3)9-5-6-11(16)13(17)15(9)18-14/h5-6,8,12,18H,4,7,17H2,1-3H3,(H2,19,20,21). The molecule has 1 aromatic carbocycles. The Kier molecular flexibility index (Phi) is 5.35. The second kappa shape index (κ2) is 6.72. The van der Waals surface area contributed by atoms with Crippen LogP contribution < -0.4 is 5.73 Å². The van der Waals surface area contributed by atoms with E-state index < -0.39 is 27.3 Å². The van der Waals surface area contributed by atoms with Crippen molar-refractivity contribution in [1.29, 1.82) is 0 Å². The maximum Gasteiger partial charge on any atom is 0.440 e. The SMILES string of the molecule is CCC(c1[nH]c2c(N)c(F)ccc2c1CC(C)C)S(=O)(=O)P(=O)(O)O. The molecule has 0 amide bonds. The van der Waals surface area contributed by atoms with E-state index in [0.29, 0.717) is 17.4 Å². The first-order chi connectivity index (χ1) is 11.4. The molecule has 0 aliphatic carbocycles. The summed E-state index contributed by atoms with van der Waals surface area (Å²) >= 11 is 0. The van der Waals surface area contributed by atoms with Crippen molar-refractivity contribution >= 4 is 32.8 Å². The zero-order valence-electron chi connectivity index (χ0n) is 14.2. The minimum absolute atomic E-state index is 0.0479. The summed E-state index contributed by atoms with van der Waals surface area (Å²) in [5, 5.41) is -0.876. The fraction of sp³-hybridized carbons (Fsp3) is 0.467. The van der Waals surface area contributed by atoms with Crippen molar-refractivity contribution in [3.63, 3.8) is 0 Å². The van der Waals surface area contributed by atoms with Gasteiger partial charge in [-0.2, -0.15) is 0 Å². The molecule has 0 spiro atoms. The van der Waals surface area contributed by atoms with Crippen LogP contribution in [-0.4, -0.2) is 23.2 Å². The van der Waals surface area contributed by atoms with Gasteiger partial charge in [-0.25, -0.2) is 17.4 Å². The Morgan fingerprint density at radius 2 is 1.92 bits per heavy atom. The van der Waals surface area contributed by atoms with Crippen LogP contribution in [0.25, 0.3) is 10.9 Å². The van der Waals surface area contributed by atoms with Crippen LogP contribution >= 0.6 is 6.80 Å². The van der Waals surface area contributed by atoms with E-state index in [-0.39, 0.29) is 29.2 Å². The normalized spacial score (nSPS) is 14.4. The molecule has 5 N–H and O–H groups in total. The molecule has 0 radical (unpaired) electrons. The summed E-state index contributed by atoms with van der Waals surface area (Å²) in [5.74, 6) is -0.512. The highest BCUT2D eigenvalue weighted by Crippen LogP contribution is 2.52. The quantitative estimate of drug-likeness (QED) is 0.441. The Labute approximate surface area is 145 Å². The smallest absolute Gasteiger partial charge is 0.395 e. The Morgan fingerprint density at radius 1 is 1.32 bits per heavy atom. The largest absolute Gasteiger partial charge is 0.440 e. The van der Waals surface area contributed by atoms with Gasteiger partial charge in [0.25, 0.3) is 9.46 Å². The summed E-state index contributed by atoms with van der Waals surface area (Å²) in [6, 6.07) is 2.69. The molecule has 2 rings (SSSR count). The van der Waals surface area contributed by atoms with Crippen molar-refractivity contribution in [3.05, 3.63) is 29.2 Å². The molecule has 140 valence electrons. The van der Waals surface area contributed by atoms with Gasteiger partial charge < -0.3 is 20.5 Å². The lowest BCUT2D eigenvalue weighted by Gasteiger charge is -2.18. The maximum absolute atomic E-state index is 13.8. The van der Waals surface area contributed by atoms with E-state index in [1.54, 1.807) is 0 Å². The second-order valence-corrected chi connectivity index (χ2v) is 11.9. The fourth-order valence-electron chi connectivity index (χ4n) is 2.97. The number of H-pyrrole nitrogens is 1. The molecule has 0 bridgehead atoms. The van der Waals surface area contributed by atoms with E-state index in [0.717, 1.165) is 0 Å². The van der Waals surface area contributed by atoms with E-state index in [2.05, 4.69) is 4.98 Å². The minimum Gasteiger partial charge on any atom is -0.395 e. The molecule has 10 heteroatoms. The zero-order chi connectivity index (χ0) is 19.2. The number of hydrogen-bond donors (Lipinski definition) is 4. The van der Waals surface area contributed by atoms with Crippen LogP contribution in [-0.2, 0) is 20.4 Å². The molecule has 0 aliphatic rings. The van der Waals surface area contributed by atoms with Gasteiger partial charge in [0.15, 0.2) is 0 Å². The number of aromatic nitrogens is 1. The predicted molar refractivity (Wildman–Crippen MR) is 95.2 cm³/mol. The van der Waals surface area contributed by atoms with Crippen molar-refractivity contribution in [2.24, 2.45) is 5.92 Å². The first-order valence-corrected chi connectivity index (χ1v) is 11.6. The van der Waals surface area contributed by atoms with Gasteiger partial charge in [0.2, 0.25) is 0 Å².